The minimum Gasteiger partial charge on any atom is -0.348 e. The first-order valence-electron chi connectivity index (χ1n) is 7.94. The number of rotatable bonds is 8. The molecule has 0 spiro atoms. The van der Waals surface area contributed by atoms with Crippen molar-refractivity contribution in [3.05, 3.63) is 70.7 Å². The fourth-order valence-corrected chi connectivity index (χ4v) is 3.28. The SMILES string of the molecule is C=CCN(Cc1ccccc1F)C(=O)CC(NC(C)=O)c1cccs1. The number of nitrogens with zero attached hydrogens (tertiary/aromatic N) is 1. The molecule has 1 atom stereocenters. The summed E-state index contributed by atoms with van der Waals surface area (Å²) in [5.74, 6) is -0.716. The molecule has 0 aliphatic heterocycles. The largest absolute Gasteiger partial charge is 0.348 e. The van der Waals surface area contributed by atoms with Crippen LogP contribution in [0.25, 0.3) is 0 Å². The van der Waals surface area contributed by atoms with Gasteiger partial charge in [0.15, 0.2) is 0 Å². The molecule has 1 aromatic heterocycles. The number of hydrogen-bond donors (Lipinski definition) is 1. The number of amides is 2. The smallest absolute Gasteiger partial charge is 0.225 e. The lowest BCUT2D eigenvalue weighted by Crippen LogP contribution is -2.35. The summed E-state index contributed by atoms with van der Waals surface area (Å²) in [7, 11) is 0. The predicted molar refractivity (Wildman–Crippen MR) is 97.5 cm³/mol. The van der Waals surface area contributed by atoms with Gasteiger partial charge in [-0.05, 0) is 17.5 Å². The number of benzene rings is 1. The van der Waals surface area contributed by atoms with Crippen LogP contribution in [0.2, 0.25) is 0 Å². The molecule has 0 saturated heterocycles. The second kappa shape index (κ2) is 9.13. The first kappa shape index (κ1) is 18.9. The zero-order valence-electron chi connectivity index (χ0n) is 14.1. The zero-order valence-corrected chi connectivity index (χ0v) is 14.9. The van der Waals surface area contributed by atoms with Gasteiger partial charge in [-0.25, -0.2) is 4.39 Å². The van der Waals surface area contributed by atoms with Crippen molar-refractivity contribution in [1.82, 2.24) is 10.2 Å². The second-order valence-corrected chi connectivity index (χ2v) is 6.61. The summed E-state index contributed by atoms with van der Waals surface area (Å²) >= 11 is 1.48. The highest BCUT2D eigenvalue weighted by Crippen LogP contribution is 2.23. The van der Waals surface area contributed by atoms with Gasteiger partial charge < -0.3 is 10.2 Å². The third-order valence-corrected chi connectivity index (χ3v) is 4.65. The van der Waals surface area contributed by atoms with Crippen LogP contribution in [0.15, 0.2) is 54.4 Å². The van der Waals surface area contributed by atoms with Crippen LogP contribution in [-0.2, 0) is 16.1 Å². The molecule has 0 aliphatic carbocycles. The van der Waals surface area contributed by atoms with Crippen molar-refractivity contribution in [1.29, 1.82) is 0 Å². The molecule has 2 amide bonds. The van der Waals surface area contributed by atoms with E-state index >= 15 is 0 Å². The van der Waals surface area contributed by atoms with Crippen LogP contribution in [0.3, 0.4) is 0 Å². The van der Waals surface area contributed by atoms with Gasteiger partial charge in [-0.15, -0.1) is 17.9 Å². The van der Waals surface area contributed by atoms with E-state index in [0.717, 1.165) is 4.88 Å². The second-order valence-electron chi connectivity index (χ2n) is 5.63. The van der Waals surface area contributed by atoms with Gasteiger partial charge in [0.25, 0.3) is 0 Å². The van der Waals surface area contributed by atoms with Crippen molar-refractivity contribution in [3.63, 3.8) is 0 Å². The van der Waals surface area contributed by atoms with Crippen LogP contribution < -0.4 is 5.32 Å². The van der Waals surface area contributed by atoms with Crippen molar-refractivity contribution < 1.29 is 14.0 Å². The van der Waals surface area contributed by atoms with Crippen LogP contribution in [0, 0.1) is 5.82 Å². The van der Waals surface area contributed by atoms with Gasteiger partial charge in [-0.1, -0.05) is 30.3 Å². The predicted octanol–water partition coefficient (Wildman–Crippen LogP) is 3.67. The Kier molecular flexibility index (Phi) is 6.89. The highest BCUT2D eigenvalue weighted by molar-refractivity contribution is 7.10. The summed E-state index contributed by atoms with van der Waals surface area (Å²) in [6.07, 6.45) is 1.72. The lowest BCUT2D eigenvalue weighted by atomic mass is 10.1. The highest BCUT2D eigenvalue weighted by Gasteiger charge is 2.22. The van der Waals surface area contributed by atoms with E-state index in [4.69, 9.17) is 0 Å². The Hall–Kier alpha value is -2.47. The lowest BCUT2D eigenvalue weighted by Gasteiger charge is -2.24. The Bertz CT molecular complexity index is 731. The van der Waals surface area contributed by atoms with Crippen molar-refractivity contribution >= 4 is 23.2 Å². The molecule has 132 valence electrons. The molecule has 0 fully saturated rings. The molecular weight excluding hydrogens is 339 g/mol. The number of thiophene rings is 1. The fourth-order valence-electron chi connectivity index (χ4n) is 2.50. The van der Waals surface area contributed by atoms with Gasteiger partial charge in [0.1, 0.15) is 5.82 Å². The summed E-state index contributed by atoms with van der Waals surface area (Å²) in [6, 6.07) is 9.75. The van der Waals surface area contributed by atoms with E-state index in [2.05, 4.69) is 11.9 Å². The molecule has 1 heterocycles. The summed E-state index contributed by atoms with van der Waals surface area (Å²) in [4.78, 5) is 26.7. The normalized spacial score (nSPS) is 11.6. The summed E-state index contributed by atoms with van der Waals surface area (Å²) in [5.41, 5.74) is 0.449. The van der Waals surface area contributed by atoms with Crippen LogP contribution >= 0.6 is 11.3 Å². The average Bonchev–Trinajstić information content (AvgIpc) is 3.09. The third kappa shape index (κ3) is 5.53. The quantitative estimate of drug-likeness (QED) is 0.730. The van der Waals surface area contributed by atoms with Gasteiger partial charge >= 0.3 is 0 Å². The van der Waals surface area contributed by atoms with E-state index in [-0.39, 0.29) is 30.6 Å². The number of halogens is 1. The van der Waals surface area contributed by atoms with Crippen molar-refractivity contribution in [2.24, 2.45) is 0 Å². The van der Waals surface area contributed by atoms with E-state index in [0.29, 0.717) is 12.1 Å². The molecule has 1 aromatic carbocycles. The molecule has 1 N–H and O–H groups in total. The molecule has 2 rings (SSSR count). The van der Waals surface area contributed by atoms with Crippen LogP contribution in [0.1, 0.15) is 29.8 Å². The van der Waals surface area contributed by atoms with E-state index in [1.54, 1.807) is 24.3 Å². The molecule has 2 aromatic rings. The molecule has 1 unspecified atom stereocenters. The van der Waals surface area contributed by atoms with Crippen molar-refractivity contribution in [3.8, 4) is 0 Å². The van der Waals surface area contributed by atoms with Crippen LogP contribution in [0.5, 0.6) is 0 Å². The summed E-state index contributed by atoms with van der Waals surface area (Å²) in [5, 5.41) is 4.71. The molecular formula is C19H21FN2O2S. The third-order valence-electron chi connectivity index (χ3n) is 3.66. The van der Waals surface area contributed by atoms with E-state index in [9.17, 15) is 14.0 Å². The maximum atomic E-state index is 13.9. The monoisotopic (exact) mass is 360 g/mol. The minimum absolute atomic E-state index is 0.113. The van der Waals surface area contributed by atoms with E-state index in [1.807, 2.05) is 17.5 Å². The molecule has 0 radical (unpaired) electrons. The Labute approximate surface area is 151 Å². The van der Waals surface area contributed by atoms with Gasteiger partial charge in [0, 0.05) is 30.5 Å². The topological polar surface area (TPSA) is 49.4 Å². The number of carbonyl (C=O) groups is 2. The Morgan fingerprint density at radius 2 is 2.08 bits per heavy atom. The standard InChI is InChI=1S/C19H21FN2O2S/c1-3-10-22(13-15-7-4-5-8-16(15)20)19(24)12-17(21-14(2)23)18-9-6-11-25-18/h3-9,11,17H,1,10,12-13H2,2H3,(H,21,23). The lowest BCUT2D eigenvalue weighted by molar-refractivity contribution is -0.132. The summed E-state index contributed by atoms with van der Waals surface area (Å²) in [6.45, 7) is 5.56. The molecule has 0 saturated carbocycles. The number of carbonyl (C=O) groups excluding carboxylic acids is 2. The number of hydrogen-bond acceptors (Lipinski definition) is 3. The first-order chi connectivity index (χ1) is 12.0. The van der Waals surface area contributed by atoms with Gasteiger partial charge in [0.2, 0.25) is 11.8 Å². The average molecular weight is 360 g/mol. The molecule has 0 bridgehead atoms. The maximum Gasteiger partial charge on any atom is 0.225 e. The summed E-state index contributed by atoms with van der Waals surface area (Å²) < 4.78 is 13.9. The Morgan fingerprint density at radius 3 is 2.68 bits per heavy atom. The van der Waals surface area contributed by atoms with Crippen molar-refractivity contribution in [2.75, 3.05) is 6.54 Å². The Balaban J connectivity index is 2.13. The zero-order chi connectivity index (χ0) is 18.2. The van der Waals surface area contributed by atoms with Crippen LogP contribution in [-0.4, -0.2) is 23.3 Å². The fraction of sp³-hybridized carbons (Fsp3) is 0.263. The minimum atomic E-state index is -0.391. The maximum absolute atomic E-state index is 13.9. The van der Waals surface area contributed by atoms with Gasteiger partial charge in [-0.3, -0.25) is 9.59 Å². The molecule has 0 aliphatic rings. The molecule has 25 heavy (non-hydrogen) atoms. The first-order valence-corrected chi connectivity index (χ1v) is 8.81. The van der Waals surface area contributed by atoms with E-state index in [1.165, 1.54) is 29.2 Å². The highest BCUT2D eigenvalue weighted by atomic mass is 32.1. The molecule has 4 nitrogen and oxygen atoms in total. The van der Waals surface area contributed by atoms with Gasteiger partial charge in [-0.2, -0.15) is 0 Å². The number of nitrogens with one attached hydrogen (secondary N) is 1. The Morgan fingerprint density at radius 1 is 1.32 bits per heavy atom. The van der Waals surface area contributed by atoms with Gasteiger partial charge in [0.05, 0.1) is 12.5 Å². The van der Waals surface area contributed by atoms with E-state index < -0.39 is 6.04 Å². The molecule has 6 heteroatoms. The van der Waals surface area contributed by atoms with Crippen molar-refractivity contribution in [2.45, 2.75) is 25.9 Å². The van der Waals surface area contributed by atoms with Crippen LogP contribution in [0.4, 0.5) is 4.39 Å².